The average molecular weight is 367 g/mol. The van der Waals surface area contributed by atoms with Crippen molar-refractivity contribution in [3.8, 4) is 0 Å². The van der Waals surface area contributed by atoms with Gasteiger partial charge in [-0.25, -0.2) is 0 Å². The fraction of sp³-hybridized carbons (Fsp3) is 0.778. The summed E-state index contributed by atoms with van der Waals surface area (Å²) in [5.41, 5.74) is 0. The van der Waals surface area contributed by atoms with Gasteiger partial charge in [-0.1, -0.05) is 6.42 Å². The summed E-state index contributed by atoms with van der Waals surface area (Å²) in [7, 11) is 0. The van der Waals surface area contributed by atoms with Crippen LogP contribution in [0, 0.1) is 0 Å². The van der Waals surface area contributed by atoms with E-state index in [9.17, 15) is 19.2 Å². The molecule has 2 rings (SSSR count). The number of rotatable bonds is 5. The van der Waals surface area contributed by atoms with Crippen LogP contribution in [-0.2, 0) is 19.2 Å². The standard InChI is InChI=1S/C18H29N3O5/c1-14(22)21(13-18(25)26)15-6-5-10-19(11-8-15)17(24)12-20-9-4-2-3-7-16(20)23/h15H,2-13H2,1H3,(H,25,26). The summed E-state index contributed by atoms with van der Waals surface area (Å²) in [6.45, 7) is 2.88. The van der Waals surface area contributed by atoms with Crippen LogP contribution < -0.4 is 0 Å². The number of carbonyl (C=O) groups is 4. The van der Waals surface area contributed by atoms with Crippen molar-refractivity contribution in [2.75, 3.05) is 32.7 Å². The number of carboxylic acids is 1. The molecule has 1 unspecified atom stereocenters. The van der Waals surface area contributed by atoms with Crippen LogP contribution in [0.2, 0.25) is 0 Å². The number of hydrogen-bond donors (Lipinski definition) is 1. The molecule has 0 spiro atoms. The molecule has 8 heteroatoms. The highest BCUT2D eigenvalue weighted by Crippen LogP contribution is 2.18. The predicted molar refractivity (Wildman–Crippen MR) is 94.3 cm³/mol. The fourth-order valence-electron chi connectivity index (χ4n) is 3.75. The maximum atomic E-state index is 12.6. The third kappa shape index (κ3) is 5.71. The van der Waals surface area contributed by atoms with Gasteiger partial charge >= 0.3 is 5.97 Å². The van der Waals surface area contributed by atoms with Gasteiger partial charge in [0.1, 0.15) is 6.54 Å². The molecule has 0 aromatic rings. The molecule has 8 nitrogen and oxygen atoms in total. The van der Waals surface area contributed by atoms with E-state index in [1.807, 2.05) is 0 Å². The molecule has 2 aliphatic heterocycles. The molecule has 26 heavy (non-hydrogen) atoms. The molecule has 146 valence electrons. The summed E-state index contributed by atoms with van der Waals surface area (Å²) in [5.74, 6) is -1.30. The first-order chi connectivity index (χ1) is 12.4. The van der Waals surface area contributed by atoms with Crippen LogP contribution in [0.1, 0.15) is 51.9 Å². The first kappa shape index (κ1) is 20.2. The minimum Gasteiger partial charge on any atom is -0.480 e. The van der Waals surface area contributed by atoms with Gasteiger partial charge in [0.15, 0.2) is 0 Å². The second kappa shape index (κ2) is 9.54. The molecule has 1 atom stereocenters. The van der Waals surface area contributed by atoms with E-state index in [0.29, 0.717) is 45.3 Å². The number of carbonyl (C=O) groups excluding carboxylic acids is 3. The molecule has 2 fully saturated rings. The minimum absolute atomic E-state index is 0.0489. The third-order valence-corrected chi connectivity index (χ3v) is 5.20. The smallest absolute Gasteiger partial charge is 0.323 e. The first-order valence-corrected chi connectivity index (χ1v) is 9.43. The quantitative estimate of drug-likeness (QED) is 0.771. The number of amides is 3. The summed E-state index contributed by atoms with van der Waals surface area (Å²) in [5, 5.41) is 9.01. The van der Waals surface area contributed by atoms with Crippen LogP contribution in [-0.4, -0.2) is 82.3 Å². The molecule has 3 amide bonds. The lowest BCUT2D eigenvalue weighted by Gasteiger charge is -2.29. The topological polar surface area (TPSA) is 98.2 Å². The molecule has 0 radical (unpaired) electrons. The van der Waals surface area contributed by atoms with Crippen LogP contribution in [0.25, 0.3) is 0 Å². The highest BCUT2D eigenvalue weighted by Gasteiger charge is 2.28. The number of hydrogen-bond acceptors (Lipinski definition) is 4. The van der Waals surface area contributed by atoms with Crippen LogP contribution in [0.3, 0.4) is 0 Å². The molecule has 0 aliphatic carbocycles. The Balaban J connectivity index is 1.92. The summed E-state index contributed by atoms with van der Waals surface area (Å²) in [4.78, 5) is 52.3. The normalized spacial score (nSPS) is 21.7. The first-order valence-electron chi connectivity index (χ1n) is 9.43. The Bertz CT molecular complexity index is 551. The Kier molecular flexibility index (Phi) is 7.41. The van der Waals surface area contributed by atoms with Crippen molar-refractivity contribution in [2.24, 2.45) is 0 Å². The van der Waals surface area contributed by atoms with E-state index in [1.54, 1.807) is 9.80 Å². The summed E-state index contributed by atoms with van der Waals surface area (Å²) >= 11 is 0. The number of nitrogens with zero attached hydrogens (tertiary/aromatic N) is 3. The lowest BCUT2D eigenvalue weighted by atomic mass is 10.1. The van der Waals surface area contributed by atoms with E-state index in [1.165, 1.54) is 11.8 Å². The van der Waals surface area contributed by atoms with Gasteiger partial charge in [0.25, 0.3) is 0 Å². The second-order valence-corrected chi connectivity index (χ2v) is 7.13. The zero-order valence-electron chi connectivity index (χ0n) is 15.5. The van der Waals surface area contributed by atoms with Crippen molar-refractivity contribution < 1.29 is 24.3 Å². The van der Waals surface area contributed by atoms with Gasteiger partial charge in [-0.3, -0.25) is 19.2 Å². The van der Waals surface area contributed by atoms with Crippen LogP contribution >= 0.6 is 0 Å². The van der Waals surface area contributed by atoms with Gasteiger partial charge in [0.05, 0.1) is 6.54 Å². The zero-order valence-corrected chi connectivity index (χ0v) is 15.5. The van der Waals surface area contributed by atoms with Crippen molar-refractivity contribution >= 4 is 23.7 Å². The van der Waals surface area contributed by atoms with E-state index in [0.717, 1.165) is 19.3 Å². The summed E-state index contributed by atoms with van der Waals surface area (Å²) < 4.78 is 0. The van der Waals surface area contributed by atoms with Gasteiger partial charge in [0, 0.05) is 39.0 Å². The van der Waals surface area contributed by atoms with E-state index in [-0.39, 0.29) is 36.9 Å². The molecule has 2 heterocycles. The highest BCUT2D eigenvalue weighted by atomic mass is 16.4. The predicted octanol–water partition coefficient (Wildman–Crippen LogP) is 0.703. The molecule has 0 aromatic heterocycles. The zero-order chi connectivity index (χ0) is 19.1. The van der Waals surface area contributed by atoms with Crippen LogP contribution in [0.5, 0.6) is 0 Å². The van der Waals surface area contributed by atoms with Crippen molar-refractivity contribution in [3.63, 3.8) is 0 Å². The molecule has 0 saturated carbocycles. The molecule has 2 aliphatic rings. The SMILES string of the molecule is CC(=O)N(CC(=O)O)C1CCCN(C(=O)CN2CCCCCC2=O)CC1. The molecular weight excluding hydrogens is 338 g/mol. The number of likely N-dealkylation sites (tertiary alicyclic amines) is 2. The molecule has 1 N–H and O–H groups in total. The van der Waals surface area contributed by atoms with Crippen LogP contribution in [0.15, 0.2) is 0 Å². The lowest BCUT2D eigenvalue weighted by Crippen LogP contribution is -2.44. The van der Waals surface area contributed by atoms with Crippen molar-refractivity contribution in [1.82, 2.24) is 14.7 Å². The molecule has 2 saturated heterocycles. The average Bonchev–Trinajstić information content (AvgIpc) is 2.93. The molecule has 0 aromatic carbocycles. The van der Waals surface area contributed by atoms with Gasteiger partial charge in [-0.05, 0) is 32.1 Å². The summed E-state index contributed by atoms with van der Waals surface area (Å²) in [6, 6.07) is -0.166. The van der Waals surface area contributed by atoms with Gasteiger partial charge in [-0.2, -0.15) is 0 Å². The molecule has 0 bridgehead atoms. The minimum atomic E-state index is -1.03. The van der Waals surface area contributed by atoms with Crippen molar-refractivity contribution in [2.45, 2.75) is 57.9 Å². The molecular formula is C18H29N3O5. The number of aliphatic carboxylic acids is 1. The summed E-state index contributed by atoms with van der Waals surface area (Å²) in [6.07, 6.45) is 5.31. The van der Waals surface area contributed by atoms with E-state index in [2.05, 4.69) is 0 Å². The Hall–Kier alpha value is -2.12. The maximum absolute atomic E-state index is 12.6. The van der Waals surface area contributed by atoms with Crippen LogP contribution in [0.4, 0.5) is 0 Å². The fourth-order valence-corrected chi connectivity index (χ4v) is 3.75. The van der Waals surface area contributed by atoms with E-state index < -0.39 is 5.97 Å². The maximum Gasteiger partial charge on any atom is 0.323 e. The monoisotopic (exact) mass is 367 g/mol. The number of carboxylic acid groups (broad SMARTS) is 1. The van der Waals surface area contributed by atoms with Gasteiger partial charge in [-0.15, -0.1) is 0 Å². The van der Waals surface area contributed by atoms with Gasteiger partial charge < -0.3 is 19.8 Å². The Morgan fingerprint density at radius 3 is 2.54 bits per heavy atom. The van der Waals surface area contributed by atoms with E-state index in [4.69, 9.17) is 5.11 Å². The second-order valence-electron chi connectivity index (χ2n) is 7.13. The van der Waals surface area contributed by atoms with Crippen molar-refractivity contribution in [3.05, 3.63) is 0 Å². The highest BCUT2D eigenvalue weighted by molar-refractivity contribution is 5.85. The third-order valence-electron chi connectivity index (χ3n) is 5.20. The van der Waals surface area contributed by atoms with Crippen molar-refractivity contribution in [1.29, 1.82) is 0 Å². The Morgan fingerprint density at radius 2 is 1.85 bits per heavy atom. The lowest BCUT2D eigenvalue weighted by molar-refractivity contribution is -0.145. The van der Waals surface area contributed by atoms with Gasteiger partial charge in [0.2, 0.25) is 17.7 Å². The largest absolute Gasteiger partial charge is 0.480 e. The Labute approximate surface area is 154 Å². The Morgan fingerprint density at radius 1 is 1.08 bits per heavy atom. The van der Waals surface area contributed by atoms with E-state index >= 15 is 0 Å².